The molecule has 0 radical (unpaired) electrons. The predicted octanol–water partition coefficient (Wildman–Crippen LogP) is 4.38. The van der Waals surface area contributed by atoms with Crippen LogP contribution in [0.3, 0.4) is 0 Å². The molecule has 2 aromatic rings. The maximum atomic E-state index is 6.02. The van der Waals surface area contributed by atoms with E-state index in [1.54, 1.807) is 0 Å². The summed E-state index contributed by atoms with van der Waals surface area (Å²) in [4.78, 5) is 0. The van der Waals surface area contributed by atoms with Gasteiger partial charge in [0.05, 0.1) is 0 Å². The predicted molar refractivity (Wildman–Crippen MR) is 74.7 cm³/mol. The molecule has 0 atom stereocenters. The zero-order chi connectivity index (χ0) is 12.3. The van der Waals surface area contributed by atoms with E-state index in [4.69, 9.17) is 23.2 Å². The van der Waals surface area contributed by atoms with Gasteiger partial charge in [-0.2, -0.15) is 0 Å². The summed E-state index contributed by atoms with van der Waals surface area (Å²) in [6, 6.07) is 13.8. The summed E-state index contributed by atoms with van der Waals surface area (Å²) in [7, 11) is 1.92. The maximum absolute atomic E-state index is 6.02. The van der Waals surface area contributed by atoms with Gasteiger partial charge < -0.3 is 5.32 Å². The summed E-state index contributed by atoms with van der Waals surface area (Å²) >= 11 is 11.9. The van der Waals surface area contributed by atoms with Crippen LogP contribution in [-0.4, -0.2) is 7.05 Å². The third kappa shape index (κ3) is 3.01. The van der Waals surface area contributed by atoms with Crippen molar-refractivity contribution in [3.63, 3.8) is 0 Å². The SMILES string of the molecule is CNCc1cc(Cl)ccc1-c1ccc(Cl)cc1. The van der Waals surface area contributed by atoms with E-state index in [2.05, 4.69) is 5.32 Å². The molecule has 0 heterocycles. The van der Waals surface area contributed by atoms with Crippen LogP contribution < -0.4 is 5.32 Å². The molecule has 0 aliphatic carbocycles. The molecule has 0 amide bonds. The molecular weight excluding hydrogens is 253 g/mol. The molecule has 3 heteroatoms. The van der Waals surface area contributed by atoms with Gasteiger partial charge in [-0.3, -0.25) is 0 Å². The van der Waals surface area contributed by atoms with Crippen molar-refractivity contribution >= 4 is 23.2 Å². The quantitative estimate of drug-likeness (QED) is 0.869. The molecule has 0 fully saturated rings. The number of nitrogens with one attached hydrogen (secondary N) is 1. The van der Waals surface area contributed by atoms with Crippen LogP contribution >= 0.6 is 23.2 Å². The monoisotopic (exact) mass is 265 g/mol. The molecule has 1 nitrogen and oxygen atoms in total. The Balaban J connectivity index is 2.46. The van der Waals surface area contributed by atoms with Gasteiger partial charge in [0.1, 0.15) is 0 Å². The lowest BCUT2D eigenvalue weighted by molar-refractivity contribution is 0.819. The lowest BCUT2D eigenvalue weighted by Gasteiger charge is -2.10. The van der Waals surface area contributed by atoms with E-state index in [9.17, 15) is 0 Å². The van der Waals surface area contributed by atoms with Crippen LogP contribution in [0.5, 0.6) is 0 Å². The summed E-state index contributed by atoms with van der Waals surface area (Å²) in [5.41, 5.74) is 3.51. The van der Waals surface area contributed by atoms with Crippen molar-refractivity contribution < 1.29 is 0 Å². The smallest absolute Gasteiger partial charge is 0.0409 e. The van der Waals surface area contributed by atoms with Crippen LogP contribution in [0, 0.1) is 0 Å². The Morgan fingerprint density at radius 2 is 1.59 bits per heavy atom. The minimum absolute atomic E-state index is 0.748. The van der Waals surface area contributed by atoms with E-state index in [1.807, 2.05) is 49.5 Å². The van der Waals surface area contributed by atoms with E-state index in [0.717, 1.165) is 22.2 Å². The minimum Gasteiger partial charge on any atom is -0.316 e. The van der Waals surface area contributed by atoms with Gasteiger partial charge in [0, 0.05) is 16.6 Å². The van der Waals surface area contributed by atoms with Gasteiger partial charge in [0.25, 0.3) is 0 Å². The average molecular weight is 266 g/mol. The van der Waals surface area contributed by atoms with Crippen LogP contribution in [0.1, 0.15) is 5.56 Å². The minimum atomic E-state index is 0.748. The zero-order valence-electron chi connectivity index (χ0n) is 9.50. The average Bonchev–Trinajstić information content (AvgIpc) is 2.31. The molecule has 0 aliphatic rings. The molecule has 2 aromatic carbocycles. The Labute approximate surface area is 111 Å². The molecule has 2 rings (SSSR count). The van der Waals surface area contributed by atoms with Gasteiger partial charge in [-0.15, -0.1) is 0 Å². The molecular formula is C14H13Cl2N. The van der Waals surface area contributed by atoms with Crippen molar-refractivity contribution in [3.8, 4) is 11.1 Å². The fraction of sp³-hybridized carbons (Fsp3) is 0.143. The number of benzene rings is 2. The van der Waals surface area contributed by atoms with Gasteiger partial charge in [-0.05, 0) is 48.0 Å². The maximum Gasteiger partial charge on any atom is 0.0409 e. The van der Waals surface area contributed by atoms with Gasteiger partial charge >= 0.3 is 0 Å². The number of rotatable bonds is 3. The summed E-state index contributed by atoms with van der Waals surface area (Å²) in [6.07, 6.45) is 0. The van der Waals surface area contributed by atoms with Crippen molar-refractivity contribution in [2.45, 2.75) is 6.54 Å². The molecule has 88 valence electrons. The highest BCUT2D eigenvalue weighted by Crippen LogP contribution is 2.27. The number of hydrogen-bond donors (Lipinski definition) is 1. The van der Waals surface area contributed by atoms with Gasteiger partial charge in [-0.1, -0.05) is 41.4 Å². The Bertz CT molecular complexity index is 506. The van der Waals surface area contributed by atoms with Gasteiger partial charge in [0.15, 0.2) is 0 Å². The summed E-state index contributed by atoms with van der Waals surface area (Å²) in [6.45, 7) is 0.790. The topological polar surface area (TPSA) is 12.0 Å². The number of halogens is 2. The lowest BCUT2D eigenvalue weighted by Crippen LogP contribution is -2.06. The molecule has 0 unspecified atom stereocenters. The fourth-order valence-electron chi connectivity index (χ4n) is 1.81. The fourth-order valence-corrected chi connectivity index (χ4v) is 2.13. The van der Waals surface area contributed by atoms with Crippen LogP contribution in [0.2, 0.25) is 10.0 Å². The zero-order valence-corrected chi connectivity index (χ0v) is 11.0. The standard InChI is InChI=1S/C14H13Cl2N/c1-17-9-11-8-13(16)6-7-14(11)10-2-4-12(15)5-3-10/h2-8,17H,9H2,1H3. The third-order valence-corrected chi connectivity index (χ3v) is 3.08. The van der Waals surface area contributed by atoms with Crippen LogP contribution in [0.4, 0.5) is 0 Å². The summed E-state index contributed by atoms with van der Waals surface area (Å²) in [5.74, 6) is 0. The number of hydrogen-bond acceptors (Lipinski definition) is 1. The second-order valence-electron chi connectivity index (χ2n) is 3.84. The molecule has 0 aliphatic heterocycles. The molecule has 0 saturated heterocycles. The third-order valence-electron chi connectivity index (χ3n) is 2.59. The molecule has 0 aromatic heterocycles. The molecule has 17 heavy (non-hydrogen) atoms. The van der Waals surface area contributed by atoms with Crippen LogP contribution in [-0.2, 0) is 6.54 Å². The molecule has 1 N–H and O–H groups in total. The van der Waals surface area contributed by atoms with E-state index < -0.39 is 0 Å². The normalized spacial score (nSPS) is 10.5. The molecule has 0 bridgehead atoms. The first-order valence-corrected chi connectivity index (χ1v) is 6.15. The van der Waals surface area contributed by atoms with Crippen molar-refractivity contribution in [1.29, 1.82) is 0 Å². The van der Waals surface area contributed by atoms with Gasteiger partial charge in [0.2, 0.25) is 0 Å². The van der Waals surface area contributed by atoms with Crippen LogP contribution in [0.15, 0.2) is 42.5 Å². The Morgan fingerprint density at radius 3 is 2.24 bits per heavy atom. The first-order chi connectivity index (χ1) is 8.20. The highest BCUT2D eigenvalue weighted by molar-refractivity contribution is 6.31. The summed E-state index contributed by atoms with van der Waals surface area (Å²) < 4.78 is 0. The molecule has 0 spiro atoms. The van der Waals surface area contributed by atoms with Crippen LogP contribution in [0.25, 0.3) is 11.1 Å². The van der Waals surface area contributed by atoms with Gasteiger partial charge in [-0.25, -0.2) is 0 Å². The Kier molecular flexibility index (Phi) is 4.06. The lowest BCUT2D eigenvalue weighted by atomic mass is 10.00. The summed E-state index contributed by atoms with van der Waals surface area (Å²) in [5, 5.41) is 4.65. The van der Waals surface area contributed by atoms with E-state index >= 15 is 0 Å². The van der Waals surface area contributed by atoms with Crippen molar-refractivity contribution in [3.05, 3.63) is 58.1 Å². The Morgan fingerprint density at radius 1 is 0.941 bits per heavy atom. The van der Waals surface area contributed by atoms with E-state index in [0.29, 0.717) is 0 Å². The second kappa shape index (κ2) is 5.54. The highest BCUT2D eigenvalue weighted by Gasteiger charge is 2.05. The second-order valence-corrected chi connectivity index (χ2v) is 4.71. The van der Waals surface area contributed by atoms with E-state index in [-0.39, 0.29) is 0 Å². The van der Waals surface area contributed by atoms with Crippen molar-refractivity contribution in [2.24, 2.45) is 0 Å². The Hall–Kier alpha value is -1.02. The largest absolute Gasteiger partial charge is 0.316 e. The van der Waals surface area contributed by atoms with Crippen molar-refractivity contribution in [2.75, 3.05) is 7.05 Å². The molecule has 0 saturated carbocycles. The highest BCUT2D eigenvalue weighted by atomic mass is 35.5. The first kappa shape index (κ1) is 12.4. The van der Waals surface area contributed by atoms with E-state index in [1.165, 1.54) is 11.1 Å². The first-order valence-electron chi connectivity index (χ1n) is 5.39. The van der Waals surface area contributed by atoms with Crippen molar-refractivity contribution in [1.82, 2.24) is 5.32 Å².